The summed E-state index contributed by atoms with van der Waals surface area (Å²) >= 11 is 5.80. The van der Waals surface area contributed by atoms with Crippen LogP contribution < -0.4 is 0 Å². The first-order chi connectivity index (χ1) is 8.24. The molecule has 17 heavy (non-hydrogen) atoms. The van der Waals surface area contributed by atoms with E-state index in [1.54, 1.807) is 0 Å². The monoisotopic (exact) mass is 253 g/mol. The molecule has 2 rings (SSSR count). The Bertz CT molecular complexity index is 372. The maximum atomic E-state index is 11.9. The maximum absolute atomic E-state index is 11.9. The Morgan fingerprint density at radius 3 is 2.53 bits per heavy atom. The normalized spacial score (nSPS) is 17.0. The molecule has 0 spiro atoms. The first kappa shape index (κ1) is 12.6. The van der Waals surface area contributed by atoms with Crippen molar-refractivity contribution in [2.24, 2.45) is 0 Å². The molecule has 1 heterocycles. The van der Waals surface area contributed by atoms with E-state index in [2.05, 4.69) is 4.90 Å². The molecule has 0 aromatic heterocycles. The molecule has 0 bridgehead atoms. The highest BCUT2D eigenvalue weighted by Gasteiger charge is 2.14. The summed E-state index contributed by atoms with van der Waals surface area (Å²) < 4.78 is 5.25. The van der Waals surface area contributed by atoms with E-state index in [1.807, 2.05) is 24.3 Å². The van der Waals surface area contributed by atoms with Crippen LogP contribution >= 0.6 is 11.6 Å². The van der Waals surface area contributed by atoms with Crippen LogP contribution in [0.25, 0.3) is 0 Å². The molecule has 1 aromatic rings. The Labute approximate surface area is 106 Å². The smallest absolute Gasteiger partial charge is 0.151 e. The summed E-state index contributed by atoms with van der Waals surface area (Å²) in [5, 5.41) is 0.703. The van der Waals surface area contributed by atoms with Gasteiger partial charge in [0.1, 0.15) is 0 Å². The molecule has 92 valence electrons. The van der Waals surface area contributed by atoms with Gasteiger partial charge in [-0.3, -0.25) is 9.69 Å². The minimum Gasteiger partial charge on any atom is -0.379 e. The standard InChI is InChI=1S/C13H16ClNO2/c14-12-3-1-11(2-4-12)9-13(16)10-15-5-7-17-8-6-15/h1-4H,5-10H2. The second-order valence-corrected chi connectivity index (χ2v) is 4.67. The predicted octanol–water partition coefficient (Wildman–Crippen LogP) is 1.78. The summed E-state index contributed by atoms with van der Waals surface area (Å²) in [7, 11) is 0. The lowest BCUT2D eigenvalue weighted by atomic mass is 10.1. The van der Waals surface area contributed by atoms with E-state index < -0.39 is 0 Å². The highest BCUT2D eigenvalue weighted by Crippen LogP contribution is 2.10. The lowest BCUT2D eigenvalue weighted by molar-refractivity contribution is -0.120. The highest BCUT2D eigenvalue weighted by atomic mass is 35.5. The highest BCUT2D eigenvalue weighted by molar-refractivity contribution is 6.30. The average molecular weight is 254 g/mol. The van der Waals surface area contributed by atoms with Gasteiger partial charge in [0.2, 0.25) is 0 Å². The van der Waals surface area contributed by atoms with Gasteiger partial charge in [0.15, 0.2) is 5.78 Å². The van der Waals surface area contributed by atoms with E-state index in [0.29, 0.717) is 18.0 Å². The molecule has 0 atom stereocenters. The summed E-state index contributed by atoms with van der Waals surface area (Å²) in [6, 6.07) is 7.44. The van der Waals surface area contributed by atoms with Gasteiger partial charge < -0.3 is 4.74 Å². The number of hydrogen-bond donors (Lipinski definition) is 0. The number of carbonyl (C=O) groups is 1. The predicted molar refractivity (Wildman–Crippen MR) is 67.4 cm³/mol. The summed E-state index contributed by atoms with van der Waals surface area (Å²) in [6.07, 6.45) is 0.481. The van der Waals surface area contributed by atoms with Crippen LogP contribution in [0.2, 0.25) is 5.02 Å². The van der Waals surface area contributed by atoms with E-state index >= 15 is 0 Å². The van der Waals surface area contributed by atoms with Crippen molar-refractivity contribution in [3.8, 4) is 0 Å². The van der Waals surface area contributed by atoms with Crippen molar-refractivity contribution in [3.05, 3.63) is 34.9 Å². The molecule has 1 aliphatic heterocycles. The SMILES string of the molecule is O=C(Cc1ccc(Cl)cc1)CN1CCOCC1. The van der Waals surface area contributed by atoms with Gasteiger partial charge in [0, 0.05) is 24.5 Å². The molecule has 1 aromatic carbocycles. The van der Waals surface area contributed by atoms with Crippen LogP contribution in [0.3, 0.4) is 0 Å². The zero-order valence-electron chi connectivity index (χ0n) is 9.69. The zero-order chi connectivity index (χ0) is 12.1. The fourth-order valence-electron chi connectivity index (χ4n) is 1.89. The zero-order valence-corrected chi connectivity index (χ0v) is 10.4. The van der Waals surface area contributed by atoms with Crippen molar-refractivity contribution < 1.29 is 9.53 Å². The van der Waals surface area contributed by atoms with Gasteiger partial charge in [-0.05, 0) is 17.7 Å². The number of morpholine rings is 1. The molecule has 0 saturated carbocycles. The number of carbonyl (C=O) groups excluding carboxylic acids is 1. The molecule has 4 heteroatoms. The summed E-state index contributed by atoms with van der Waals surface area (Å²) in [4.78, 5) is 14.0. The largest absolute Gasteiger partial charge is 0.379 e. The molecule has 1 fully saturated rings. The number of nitrogens with zero attached hydrogens (tertiary/aromatic N) is 1. The lowest BCUT2D eigenvalue weighted by Crippen LogP contribution is -2.39. The first-order valence-corrected chi connectivity index (χ1v) is 6.18. The average Bonchev–Trinajstić information content (AvgIpc) is 2.33. The van der Waals surface area contributed by atoms with Crippen LogP contribution in [0, 0.1) is 0 Å². The lowest BCUT2D eigenvalue weighted by Gasteiger charge is -2.25. The third-order valence-corrected chi connectivity index (χ3v) is 3.07. The number of Topliss-reactive ketones (excluding diaryl/α,β-unsaturated/α-hetero) is 1. The van der Waals surface area contributed by atoms with Gasteiger partial charge in [-0.2, -0.15) is 0 Å². The summed E-state index contributed by atoms with van der Waals surface area (Å²) in [6.45, 7) is 3.69. The van der Waals surface area contributed by atoms with E-state index in [-0.39, 0.29) is 5.78 Å². The van der Waals surface area contributed by atoms with Crippen LogP contribution in [0.1, 0.15) is 5.56 Å². The van der Waals surface area contributed by atoms with Crippen LogP contribution in [0.5, 0.6) is 0 Å². The van der Waals surface area contributed by atoms with Gasteiger partial charge in [-0.15, -0.1) is 0 Å². The van der Waals surface area contributed by atoms with Gasteiger partial charge in [0.25, 0.3) is 0 Å². The number of ether oxygens (including phenoxy) is 1. The molecule has 0 N–H and O–H groups in total. The molecule has 1 saturated heterocycles. The molecule has 0 amide bonds. The van der Waals surface area contributed by atoms with Crippen LogP contribution in [-0.4, -0.2) is 43.5 Å². The summed E-state index contributed by atoms with van der Waals surface area (Å²) in [5.74, 6) is 0.245. The minimum absolute atomic E-state index is 0.245. The quantitative estimate of drug-likeness (QED) is 0.819. The number of rotatable bonds is 4. The maximum Gasteiger partial charge on any atom is 0.151 e. The Kier molecular flexibility index (Phi) is 4.54. The minimum atomic E-state index is 0.245. The second-order valence-electron chi connectivity index (χ2n) is 4.23. The van der Waals surface area contributed by atoms with Crippen molar-refractivity contribution in [1.82, 2.24) is 4.90 Å². The van der Waals surface area contributed by atoms with E-state index in [4.69, 9.17) is 16.3 Å². The van der Waals surface area contributed by atoms with Gasteiger partial charge in [0.05, 0.1) is 19.8 Å². The van der Waals surface area contributed by atoms with Crippen molar-refractivity contribution in [2.75, 3.05) is 32.8 Å². The Hall–Kier alpha value is -0.900. The van der Waals surface area contributed by atoms with Crippen molar-refractivity contribution in [1.29, 1.82) is 0 Å². The molecule has 0 aliphatic carbocycles. The molecule has 0 unspecified atom stereocenters. The molecule has 0 radical (unpaired) electrons. The first-order valence-electron chi connectivity index (χ1n) is 5.80. The molecular formula is C13H16ClNO2. The number of benzene rings is 1. The second kappa shape index (κ2) is 6.15. The van der Waals surface area contributed by atoms with Crippen molar-refractivity contribution in [3.63, 3.8) is 0 Å². The van der Waals surface area contributed by atoms with E-state index in [1.165, 1.54) is 0 Å². The third kappa shape index (κ3) is 4.11. The number of hydrogen-bond acceptors (Lipinski definition) is 3. The van der Waals surface area contributed by atoms with Gasteiger partial charge in [-0.1, -0.05) is 23.7 Å². The summed E-state index contributed by atoms with van der Waals surface area (Å²) in [5.41, 5.74) is 1.02. The third-order valence-electron chi connectivity index (χ3n) is 2.82. The van der Waals surface area contributed by atoms with Crippen LogP contribution in [-0.2, 0) is 16.0 Å². The Morgan fingerprint density at radius 1 is 1.24 bits per heavy atom. The van der Waals surface area contributed by atoms with Gasteiger partial charge >= 0.3 is 0 Å². The molecule has 3 nitrogen and oxygen atoms in total. The Balaban J connectivity index is 1.82. The Morgan fingerprint density at radius 2 is 1.88 bits per heavy atom. The van der Waals surface area contributed by atoms with E-state index in [0.717, 1.165) is 31.9 Å². The van der Waals surface area contributed by atoms with Crippen molar-refractivity contribution >= 4 is 17.4 Å². The van der Waals surface area contributed by atoms with E-state index in [9.17, 15) is 4.79 Å². The fourth-order valence-corrected chi connectivity index (χ4v) is 2.02. The molecular weight excluding hydrogens is 238 g/mol. The van der Waals surface area contributed by atoms with Crippen LogP contribution in [0.15, 0.2) is 24.3 Å². The number of halogens is 1. The van der Waals surface area contributed by atoms with Crippen molar-refractivity contribution in [2.45, 2.75) is 6.42 Å². The fraction of sp³-hybridized carbons (Fsp3) is 0.462. The van der Waals surface area contributed by atoms with Crippen LogP contribution in [0.4, 0.5) is 0 Å². The topological polar surface area (TPSA) is 29.5 Å². The number of ketones is 1. The molecule has 1 aliphatic rings. The van der Waals surface area contributed by atoms with Gasteiger partial charge in [-0.25, -0.2) is 0 Å².